The second-order valence-corrected chi connectivity index (χ2v) is 7.53. The van der Waals surface area contributed by atoms with Crippen LogP contribution in [-0.2, 0) is 4.74 Å². The number of carbonyl (C=O) groups is 2. The molecule has 156 valence electrons. The molecule has 27 heavy (non-hydrogen) atoms. The van der Waals surface area contributed by atoms with E-state index in [1.807, 2.05) is 0 Å². The molecular weight excluding hydrogens is 344 g/mol. The van der Waals surface area contributed by atoms with Crippen molar-refractivity contribution in [3.63, 3.8) is 0 Å². The molecule has 0 aromatic heterocycles. The van der Waals surface area contributed by atoms with Crippen molar-refractivity contribution < 1.29 is 14.3 Å². The third-order valence-corrected chi connectivity index (χ3v) is 4.85. The molecule has 0 saturated heterocycles. The Morgan fingerprint density at radius 1 is 1.00 bits per heavy atom. The van der Waals surface area contributed by atoms with Gasteiger partial charge in [-0.05, 0) is 19.3 Å². The standard InChI is InChI=1S/C20H38N4O3/c1-5-6-7-8-9-13-16-27-20(26)22-18(23(2)3)24(4)19(25)21-17-14-11-10-12-15-17/h17H,5-16H2,1-4H3,(H,21,25)/b22-18-. The van der Waals surface area contributed by atoms with Crippen LogP contribution in [0.2, 0.25) is 0 Å². The van der Waals surface area contributed by atoms with Crippen LogP contribution in [0.1, 0.15) is 77.6 Å². The van der Waals surface area contributed by atoms with E-state index in [9.17, 15) is 9.59 Å². The predicted octanol–water partition coefficient (Wildman–Crippen LogP) is 4.38. The molecular formula is C20H38N4O3. The average Bonchev–Trinajstić information content (AvgIpc) is 2.65. The molecule has 7 nitrogen and oxygen atoms in total. The molecule has 1 fully saturated rings. The highest BCUT2D eigenvalue weighted by atomic mass is 16.5. The van der Waals surface area contributed by atoms with Crippen molar-refractivity contribution in [1.29, 1.82) is 0 Å². The zero-order valence-electron chi connectivity index (χ0n) is 17.6. The average molecular weight is 383 g/mol. The highest BCUT2D eigenvalue weighted by Crippen LogP contribution is 2.17. The fraction of sp³-hybridized carbons (Fsp3) is 0.850. The Balaban J connectivity index is 2.44. The van der Waals surface area contributed by atoms with Gasteiger partial charge in [-0.1, -0.05) is 58.3 Å². The molecule has 0 spiro atoms. The van der Waals surface area contributed by atoms with Crippen LogP contribution >= 0.6 is 0 Å². The van der Waals surface area contributed by atoms with E-state index < -0.39 is 6.09 Å². The van der Waals surface area contributed by atoms with Gasteiger partial charge < -0.3 is 15.0 Å². The van der Waals surface area contributed by atoms with Gasteiger partial charge >= 0.3 is 12.1 Å². The molecule has 0 aromatic carbocycles. The molecule has 0 aromatic rings. The largest absolute Gasteiger partial charge is 0.448 e. The van der Waals surface area contributed by atoms with E-state index in [1.54, 1.807) is 26.0 Å². The van der Waals surface area contributed by atoms with Gasteiger partial charge in [-0.3, -0.25) is 4.90 Å². The van der Waals surface area contributed by atoms with Gasteiger partial charge in [-0.25, -0.2) is 9.59 Å². The molecule has 0 aliphatic heterocycles. The van der Waals surface area contributed by atoms with Gasteiger partial charge in [0.1, 0.15) is 0 Å². The predicted molar refractivity (Wildman–Crippen MR) is 109 cm³/mol. The number of ether oxygens (including phenoxy) is 1. The Kier molecular flexibility index (Phi) is 11.5. The highest BCUT2D eigenvalue weighted by Gasteiger charge is 2.22. The first-order chi connectivity index (χ1) is 13.0. The summed E-state index contributed by atoms with van der Waals surface area (Å²) in [5, 5.41) is 3.03. The summed E-state index contributed by atoms with van der Waals surface area (Å²) in [5.41, 5.74) is 0. The molecule has 3 amide bonds. The van der Waals surface area contributed by atoms with Gasteiger partial charge in [-0.2, -0.15) is 0 Å². The third-order valence-electron chi connectivity index (χ3n) is 4.85. The number of hydrogen-bond donors (Lipinski definition) is 1. The van der Waals surface area contributed by atoms with Crippen LogP contribution in [0.4, 0.5) is 9.59 Å². The molecule has 1 aliphatic carbocycles. The summed E-state index contributed by atoms with van der Waals surface area (Å²) < 4.78 is 5.20. The number of guanidine groups is 1. The van der Waals surface area contributed by atoms with E-state index in [-0.39, 0.29) is 18.0 Å². The maximum absolute atomic E-state index is 12.5. The minimum absolute atomic E-state index is 0.205. The quantitative estimate of drug-likeness (QED) is 0.384. The van der Waals surface area contributed by atoms with Gasteiger partial charge in [0.25, 0.3) is 0 Å². The second kappa shape index (κ2) is 13.4. The number of urea groups is 1. The van der Waals surface area contributed by atoms with E-state index in [4.69, 9.17) is 4.74 Å². The number of unbranched alkanes of at least 4 members (excludes halogenated alkanes) is 5. The monoisotopic (exact) mass is 382 g/mol. The number of aliphatic imine (C=N–C) groups is 1. The molecule has 0 radical (unpaired) electrons. The lowest BCUT2D eigenvalue weighted by Gasteiger charge is -2.28. The van der Waals surface area contributed by atoms with Crippen molar-refractivity contribution >= 4 is 18.1 Å². The molecule has 1 N–H and O–H groups in total. The Hall–Kier alpha value is -1.79. The maximum Gasteiger partial charge on any atom is 0.436 e. The lowest BCUT2D eigenvalue weighted by molar-refractivity contribution is 0.154. The van der Waals surface area contributed by atoms with Gasteiger partial charge in [-0.15, -0.1) is 4.99 Å². The number of carbonyl (C=O) groups excluding carboxylic acids is 2. The minimum atomic E-state index is -0.649. The fourth-order valence-corrected chi connectivity index (χ4v) is 3.24. The zero-order valence-corrected chi connectivity index (χ0v) is 17.6. The van der Waals surface area contributed by atoms with Crippen LogP contribution in [-0.4, -0.2) is 61.7 Å². The number of amides is 3. The summed E-state index contributed by atoms with van der Waals surface area (Å²) in [6, 6.07) is -0.0325. The van der Waals surface area contributed by atoms with Gasteiger partial charge in [0.2, 0.25) is 5.96 Å². The van der Waals surface area contributed by atoms with Crippen LogP contribution < -0.4 is 5.32 Å². The first-order valence-corrected chi connectivity index (χ1v) is 10.4. The summed E-state index contributed by atoms with van der Waals surface area (Å²) in [6.45, 7) is 2.56. The van der Waals surface area contributed by atoms with Crippen molar-refractivity contribution in [2.45, 2.75) is 83.6 Å². The van der Waals surface area contributed by atoms with Crippen LogP contribution in [0.3, 0.4) is 0 Å². The first-order valence-electron chi connectivity index (χ1n) is 10.4. The summed E-state index contributed by atoms with van der Waals surface area (Å²) in [7, 11) is 5.13. The van der Waals surface area contributed by atoms with Gasteiger partial charge in [0.05, 0.1) is 6.61 Å². The first kappa shape index (κ1) is 23.2. The van der Waals surface area contributed by atoms with E-state index in [0.29, 0.717) is 6.61 Å². The lowest BCUT2D eigenvalue weighted by Crippen LogP contribution is -2.50. The Bertz CT molecular complexity index is 474. The van der Waals surface area contributed by atoms with E-state index in [2.05, 4.69) is 17.2 Å². The minimum Gasteiger partial charge on any atom is -0.448 e. The number of nitrogens with one attached hydrogen (secondary N) is 1. The normalized spacial score (nSPS) is 15.3. The summed E-state index contributed by atoms with van der Waals surface area (Å²) in [4.78, 5) is 31.5. The van der Waals surface area contributed by atoms with Crippen molar-refractivity contribution in [3.8, 4) is 0 Å². The summed E-state index contributed by atoms with van der Waals surface area (Å²) in [5.74, 6) is 0.274. The highest BCUT2D eigenvalue weighted by molar-refractivity contribution is 5.99. The van der Waals surface area contributed by atoms with Crippen molar-refractivity contribution in [3.05, 3.63) is 0 Å². The van der Waals surface area contributed by atoms with Crippen LogP contribution in [0.5, 0.6) is 0 Å². The van der Waals surface area contributed by atoms with Crippen LogP contribution in [0, 0.1) is 0 Å². The third kappa shape index (κ3) is 9.63. The maximum atomic E-state index is 12.5. The van der Waals surface area contributed by atoms with Crippen LogP contribution in [0.25, 0.3) is 0 Å². The molecule has 1 aliphatic rings. The van der Waals surface area contributed by atoms with Crippen molar-refractivity contribution in [1.82, 2.24) is 15.1 Å². The molecule has 7 heteroatoms. The number of hydrogen-bond acceptors (Lipinski definition) is 3. The molecule has 0 bridgehead atoms. The SMILES string of the molecule is CCCCCCCCOC(=O)/N=C(/N(C)C)N(C)C(=O)NC1CCCCC1. The topological polar surface area (TPSA) is 74.2 Å². The van der Waals surface area contributed by atoms with Crippen LogP contribution in [0.15, 0.2) is 4.99 Å². The second-order valence-electron chi connectivity index (χ2n) is 7.53. The smallest absolute Gasteiger partial charge is 0.436 e. The Morgan fingerprint density at radius 3 is 2.26 bits per heavy atom. The van der Waals surface area contributed by atoms with Crippen molar-refractivity contribution in [2.75, 3.05) is 27.7 Å². The Morgan fingerprint density at radius 2 is 1.63 bits per heavy atom. The van der Waals surface area contributed by atoms with Gasteiger partial charge in [0, 0.05) is 27.2 Å². The number of rotatable bonds is 8. The molecule has 0 atom stereocenters. The Labute approximate surface area is 164 Å². The van der Waals surface area contributed by atoms with E-state index >= 15 is 0 Å². The molecule has 0 heterocycles. The van der Waals surface area contributed by atoms with E-state index in [1.165, 1.54) is 37.0 Å². The lowest BCUT2D eigenvalue weighted by atomic mass is 9.96. The summed E-state index contributed by atoms with van der Waals surface area (Å²) >= 11 is 0. The number of nitrogens with zero attached hydrogens (tertiary/aromatic N) is 3. The fourth-order valence-electron chi connectivity index (χ4n) is 3.24. The van der Waals surface area contributed by atoms with E-state index in [0.717, 1.165) is 38.5 Å². The molecule has 1 saturated carbocycles. The summed E-state index contributed by atoms with van der Waals surface area (Å²) in [6.07, 6.45) is 11.7. The van der Waals surface area contributed by atoms with Gasteiger partial charge in [0.15, 0.2) is 0 Å². The molecule has 0 unspecified atom stereocenters. The zero-order chi connectivity index (χ0) is 20.1. The molecule has 1 rings (SSSR count). The van der Waals surface area contributed by atoms with Crippen molar-refractivity contribution in [2.24, 2.45) is 4.99 Å².